The number of benzene rings is 1. The van der Waals surface area contributed by atoms with E-state index in [0.717, 1.165) is 22.0 Å². The highest BCUT2D eigenvalue weighted by Crippen LogP contribution is 2.22. The van der Waals surface area contributed by atoms with E-state index < -0.39 is 0 Å². The molecule has 6 heteroatoms. The van der Waals surface area contributed by atoms with Gasteiger partial charge < -0.3 is 9.64 Å². The molecule has 0 aliphatic rings. The second kappa shape index (κ2) is 8.10. The van der Waals surface area contributed by atoms with Crippen LogP contribution in [-0.4, -0.2) is 27.8 Å². The van der Waals surface area contributed by atoms with E-state index in [4.69, 9.17) is 4.74 Å². The van der Waals surface area contributed by atoms with Gasteiger partial charge in [-0.1, -0.05) is 30.3 Å². The molecule has 5 nitrogen and oxygen atoms in total. The Labute approximate surface area is 157 Å². The van der Waals surface area contributed by atoms with E-state index in [-0.39, 0.29) is 5.91 Å². The summed E-state index contributed by atoms with van der Waals surface area (Å²) in [5.41, 5.74) is 2.78. The summed E-state index contributed by atoms with van der Waals surface area (Å²) in [5, 5.41) is 0.777. The fraction of sp³-hybridized carbons (Fsp3) is 0.250. The van der Waals surface area contributed by atoms with Crippen molar-refractivity contribution in [3.63, 3.8) is 0 Å². The van der Waals surface area contributed by atoms with Gasteiger partial charge in [0.05, 0.1) is 11.9 Å². The number of rotatable bonds is 6. The van der Waals surface area contributed by atoms with Crippen LogP contribution < -0.4 is 4.74 Å². The van der Waals surface area contributed by atoms with Crippen molar-refractivity contribution < 1.29 is 9.53 Å². The smallest absolute Gasteiger partial charge is 0.265 e. The van der Waals surface area contributed by atoms with Crippen LogP contribution in [-0.2, 0) is 13.2 Å². The van der Waals surface area contributed by atoms with Crippen LogP contribution in [0.1, 0.15) is 31.6 Å². The molecule has 1 amide bonds. The van der Waals surface area contributed by atoms with Gasteiger partial charge in [0.15, 0.2) is 0 Å². The highest BCUT2D eigenvalue weighted by atomic mass is 32.1. The van der Waals surface area contributed by atoms with Crippen molar-refractivity contribution in [2.75, 3.05) is 7.05 Å². The van der Waals surface area contributed by atoms with Crippen LogP contribution in [0.3, 0.4) is 0 Å². The number of aryl methyl sites for hydroxylation is 2. The maximum absolute atomic E-state index is 12.7. The maximum atomic E-state index is 12.7. The number of carbonyl (C=O) groups excluding carboxylic acids is 1. The van der Waals surface area contributed by atoms with Crippen LogP contribution in [0.4, 0.5) is 0 Å². The molecule has 0 aliphatic carbocycles. The Bertz CT molecular complexity index is 876. The topological polar surface area (TPSA) is 55.3 Å². The van der Waals surface area contributed by atoms with E-state index in [1.54, 1.807) is 11.1 Å². The molecule has 2 aromatic heterocycles. The Balaban J connectivity index is 1.65. The minimum absolute atomic E-state index is 0.0212. The minimum Gasteiger partial charge on any atom is -0.485 e. The van der Waals surface area contributed by atoms with Gasteiger partial charge in [0.2, 0.25) is 0 Å². The van der Waals surface area contributed by atoms with Crippen molar-refractivity contribution in [1.29, 1.82) is 0 Å². The molecule has 0 N–H and O–H groups in total. The summed E-state index contributed by atoms with van der Waals surface area (Å²) in [6.45, 7) is 4.68. The van der Waals surface area contributed by atoms with Gasteiger partial charge in [-0.05, 0) is 31.5 Å². The Morgan fingerprint density at radius 2 is 1.92 bits per heavy atom. The number of nitrogens with zero attached hydrogens (tertiary/aromatic N) is 3. The third-order valence-electron chi connectivity index (χ3n) is 3.89. The molecular weight excluding hydrogens is 346 g/mol. The van der Waals surface area contributed by atoms with Crippen molar-refractivity contribution in [3.8, 4) is 5.75 Å². The summed E-state index contributed by atoms with van der Waals surface area (Å²) < 4.78 is 5.71. The van der Waals surface area contributed by atoms with Crippen LogP contribution in [0.2, 0.25) is 0 Å². The third-order valence-corrected chi connectivity index (χ3v) is 5.01. The molecule has 0 aliphatic heterocycles. The van der Waals surface area contributed by atoms with E-state index in [2.05, 4.69) is 9.97 Å². The summed E-state index contributed by atoms with van der Waals surface area (Å²) in [5.74, 6) is 0.671. The highest BCUT2D eigenvalue weighted by molar-refractivity contribution is 7.13. The number of amides is 1. The Morgan fingerprint density at radius 3 is 2.62 bits per heavy atom. The van der Waals surface area contributed by atoms with Gasteiger partial charge in [-0.3, -0.25) is 9.78 Å². The summed E-state index contributed by atoms with van der Waals surface area (Å²) in [6.07, 6.45) is 1.69. The summed E-state index contributed by atoms with van der Waals surface area (Å²) >= 11 is 1.38. The summed E-state index contributed by atoms with van der Waals surface area (Å²) in [7, 11) is 1.81. The summed E-state index contributed by atoms with van der Waals surface area (Å²) in [6, 6.07) is 13.7. The molecule has 0 spiro atoms. The zero-order chi connectivity index (χ0) is 18.5. The minimum atomic E-state index is -0.0212. The van der Waals surface area contributed by atoms with Crippen molar-refractivity contribution >= 4 is 17.2 Å². The molecule has 0 atom stereocenters. The standard InChI is InChI=1S/C20H21N3O2S/c1-14-9-10-17(11-21-14)25-13-18-22-15(2)19(26-18)20(24)23(3)12-16-7-5-4-6-8-16/h4-11H,12-13H2,1-3H3. The predicted molar refractivity (Wildman–Crippen MR) is 102 cm³/mol. The lowest BCUT2D eigenvalue weighted by Crippen LogP contribution is -2.26. The molecular formula is C20H21N3O2S. The number of pyridine rings is 1. The van der Waals surface area contributed by atoms with Gasteiger partial charge in [-0.25, -0.2) is 4.98 Å². The molecule has 0 bridgehead atoms. The van der Waals surface area contributed by atoms with E-state index >= 15 is 0 Å². The van der Waals surface area contributed by atoms with Gasteiger partial charge >= 0.3 is 0 Å². The van der Waals surface area contributed by atoms with Gasteiger partial charge in [0, 0.05) is 19.3 Å². The largest absolute Gasteiger partial charge is 0.485 e. The zero-order valence-corrected chi connectivity index (χ0v) is 15.9. The first-order chi connectivity index (χ1) is 12.5. The van der Waals surface area contributed by atoms with Gasteiger partial charge in [-0.15, -0.1) is 11.3 Å². The predicted octanol–water partition coefficient (Wildman–Crippen LogP) is 4.01. The van der Waals surface area contributed by atoms with Crippen LogP contribution in [0.25, 0.3) is 0 Å². The SMILES string of the molecule is Cc1ccc(OCc2nc(C)c(C(=O)N(C)Cc3ccccc3)s2)cn1. The average Bonchev–Trinajstić information content (AvgIpc) is 3.02. The van der Waals surface area contributed by atoms with E-state index in [0.29, 0.717) is 23.8 Å². The van der Waals surface area contributed by atoms with E-state index in [1.165, 1.54) is 11.3 Å². The van der Waals surface area contributed by atoms with Crippen LogP contribution in [0.15, 0.2) is 48.7 Å². The van der Waals surface area contributed by atoms with Crippen LogP contribution >= 0.6 is 11.3 Å². The van der Waals surface area contributed by atoms with E-state index in [9.17, 15) is 4.79 Å². The Hall–Kier alpha value is -2.73. The highest BCUT2D eigenvalue weighted by Gasteiger charge is 2.19. The molecule has 26 heavy (non-hydrogen) atoms. The number of thiazole rings is 1. The lowest BCUT2D eigenvalue weighted by atomic mass is 10.2. The Kier molecular flexibility index (Phi) is 5.63. The average molecular weight is 367 g/mol. The van der Waals surface area contributed by atoms with Crippen LogP contribution in [0, 0.1) is 13.8 Å². The van der Waals surface area contributed by atoms with Crippen molar-refractivity contribution in [3.05, 3.63) is 75.5 Å². The number of hydrogen-bond acceptors (Lipinski definition) is 5. The lowest BCUT2D eigenvalue weighted by molar-refractivity contribution is 0.0789. The molecule has 0 fully saturated rings. The number of hydrogen-bond donors (Lipinski definition) is 0. The second-order valence-electron chi connectivity index (χ2n) is 6.09. The lowest BCUT2D eigenvalue weighted by Gasteiger charge is -2.16. The number of ether oxygens (including phenoxy) is 1. The monoisotopic (exact) mass is 367 g/mol. The molecule has 0 saturated heterocycles. The van der Waals surface area contributed by atoms with Gasteiger partial charge in [0.25, 0.3) is 5.91 Å². The fourth-order valence-corrected chi connectivity index (χ4v) is 3.47. The van der Waals surface area contributed by atoms with Crippen molar-refractivity contribution in [2.45, 2.75) is 27.0 Å². The first-order valence-corrected chi connectivity index (χ1v) is 9.15. The first kappa shape index (κ1) is 18.1. The first-order valence-electron chi connectivity index (χ1n) is 8.34. The van der Waals surface area contributed by atoms with Crippen LogP contribution in [0.5, 0.6) is 5.75 Å². The molecule has 3 rings (SSSR count). The fourth-order valence-electron chi connectivity index (χ4n) is 2.50. The number of aromatic nitrogens is 2. The maximum Gasteiger partial charge on any atom is 0.265 e. The molecule has 3 aromatic rings. The second-order valence-corrected chi connectivity index (χ2v) is 7.18. The molecule has 0 unspecified atom stereocenters. The quantitative estimate of drug-likeness (QED) is 0.661. The summed E-state index contributed by atoms with van der Waals surface area (Å²) in [4.78, 5) is 23.8. The molecule has 134 valence electrons. The van der Waals surface area contributed by atoms with Crippen molar-refractivity contribution in [2.24, 2.45) is 0 Å². The van der Waals surface area contributed by atoms with Gasteiger partial charge in [0.1, 0.15) is 22.2 Å². The third kappa shape index (κ3) is 4.46. The molecule has 0 radical (unpaired) electrons. The number of carbonyl (C=O) groups is 1. The van der Waals surface area contributed by atoms with E-state index in [1.807, 2.05) is 63.4 Å². The Morgan fingerprint density at radius 1 is 1.15 bits per heavy atom. The zero-order valence-electron chi connectivity index (χ0n) is 15.1. The van der Waals surface area contributed by atoms with Crippen molar-refractivity contribution in [1.82, 2.24) is 14.9 Å². The van der Waals surface area contributed by atoms with Gasteiger partial charge in [-0.2, -0.15) is 0 Å². The molecule has 0 saturated carbocycles. The molecule has 2 heterocycles. The molecule has 1 aromatic carbocycles. The normalized spacial score (nSPS) is 10.6.